The summed E-state index contributed by atoms with van der Waals surface area (Å²) in [5.41, 5.74) is 19.6. The van der Waals surface area contributed by atoms with E-state index < -0.39 is 11.9 Å². The molecular weight excluding hydrogens is 408 g/mol. The first-order valence-electron chi connectivity index (χ1n) is 3.70. The molecule has 0 atom stereocenters. The van der Waals surface area contributed by atoms with Gasteiger partial charge in [0.15, 0.2) is 0 Å². The second-order valence-electron chi connectivity index (χ2n) is 1.73. The summed E-state index contributed by atoms with van der Waals surface area (Å²) < 4.78 is 0. The van der Waals surface area contributed by atoms with Crippen LogP contribution in [0.3, 0.4) is 0 Å². The van der Waals surface area contributed by atoms with Crippen molar-refractivity contribution in [3.8, 4) is 0 Å². The molecule has 0 aliphatic carbocycles. The molecule has 0 unspecified atom stereocenters. The van der Waals surface area contributed by atoms with Crippen LogP contribution in [0.25, 0.3) is 0 Å². The monoisotopic (exact) mass is 422 g/mol. The van der Waals surface area contributed by atoms with E-state index in [1.165, 1.54) is 0 Å². The fraction of sp³-hybridized carbons (Fsp3) is 0.667. The number of hydrogen-bond acceptors (Lipinski definition) is 8. The molecule has 0 aromatic heterocycles. The molecule has 0 aromatic carbocycles. The Kier molecular flexibility index (Phi) is 55.0. The van der Waals surface area contributed by atoms with Gasteiger partial charge in [-0.15, -0.1) is 0 Å². The largest absolute Gasteiger partial charge is 1.00 e. The van der Waals surface area contributed by atoms with Crippen LogP contribution in [0.1, 0.15) is 0 Å². The predicted octanol–water partition coefficient (Wildman–Crippen LogP) is -5.71. The Morgan fingerprint density at radius 3 is 0.812 bits per heavy atom. The number of hydrogen-bond donors (Lipinski definition) is 4. The van der Waals surface area contributed by atoms with E-state index in [4.69, 9.17) is 42.7 Å². The Labute approximate surface area is 125 Å². The van der Waals surface area contributed by atoms with Crippen molar-refractivity contribution in [1.82, 2.24) is 0 Å². The molecule has 8 nitrogen and oxygen atoms in total. The van der Waals surface area contributed by atoms with Gasteiger partial charge in [0.05, 0.1) is 11.9 Å². The van der Waals surface area contributed by atoms with Gasteiger partial charge < -0.3 is 42.7 Å². The van der Waals surface area contributed by atoms with E-state index in [2.05, 4.69) is 0 Å². The number of nitrogens with two attached hydrogens (primary N) is 4. The summed E-state index contributed by atoms with van der Waals surface area (Å²) in [7, 11) is 0. The second-order valence-corrected chi connectivity index (χ2v) is 1.73. The number of carboxylic acid groups (broad SMARTS) is 2. The van der Waals surface area contributed by atoms with E-state index in [-0.39, 0.29) is 44.8 Å². The number of rotatable bonds is 2. The maximum atomic E-state index is 8.93. The van der Waals surface area contributed by atoms with Crippen LogP contribution in [0.15, 0.2) is 0 Å². The fourth-order valence-electron chi connectivity index (χ4n) is 0. The average Bonchev–Trinajstić information content (AvgIpc) is 2.18. The van der Waals surface area contributed by atoms with E-state index in [1.807, 2.05) is 0 Å². The van der Waals surface area contributed by atoms with Crippen molar-refractivity contribution in [2.45, 2.75) is 0 Å². The van der Waals surface area contributed by atoms with Gasteiger partial charge in [-0.25, -0.2) is 0 Å². The summed E-state index contributed by atoms with van der Waals surface area (Å²) in [6.45, 7) is 2.39. The molecule has 8 N–H and O–H groups in total. The molecule has 10 heteroatoms. The zero-order chi connectivity index (χ0) is 12.0. The van der Waals surface area contributed by atoms with Gasteiger partial charge >= 0.3 is 44.8 Å². The number of carboxylic acids is 2. The molecule has 0 rings (SSSR count). The average molecular weight is 424 g/mol. The molecule has 0 amide bonds. The van der Waals surface area contributed by atoms with Crippen LogP contribution in [0, 0.1) is 0 Å². The molecule has 16 heavy (non-hydrogen) atoms. The maximum Gasteiger partial charge on any atom is 1.00 e. The summed E-state index contributed by atoms with van der Waals surface area (Å²) in [6.07, 6.45) is 0. The van der Waals surface area contributed by atoms with Crippen LogP contribution in [-0.2, 0) is 54.3 Å². The van der Waals surface area contributed by atoms with Gasteiger partial charge in [0.25, 0.3) is 0 Å². The first kappa shape index (κ1) is 29.9. The van der Waals surface area contributed by atoms with Crippen molar-refractivity contribution in [3.63, 3.8) is 0 Å². The SMILES string of the molecule is NCCN.NCCN.O=C([O-])C(=O)[O-].[Ag+].[Ag+]. The van der Waals surface area contributed by atoms with Gasteiger partial charge in [0.1, 0.15) is 0 Å². The number of carbonyl (C=O) groups is 2. The van der Waals surface area contributed by atoms with Crippen molar-refractivity contribution in [1.29, 1.82) is 0 Å². The second kappa shape index (κ2) is 29.5. The van der Waals surface area contributed by atoms with Crippen molar-refractivity contribution in [2.24, 2.45) is 22.9 Å². The Balaban J connectivity index is -0.0000000367. The summed E-state index contributed by atoms with van der Waals surface area (Å²) >= 11 is 0. The quantitative estimate of drug-likeness (QED) is 0.250. The zero-order valence-electron chi connectivity index (χ0n) is 8.37. The molecule has 0 aliphatic rings. The van der Waals surface area contributed by atoms with Gasteiger partial charge in [-0.1, -0.05) is 0 Å². The van der Waals surface area contributed by atoms with Crippen molar-refractivity contribution < 1.29 is 64.6 Å². The molecule has 0 aromatic rings. The molecule has 106 valence electrons. The van der Waals surface area contributed by atoms with Crippen LogP contribution in [0.5, 0.6) is 0 Å². The van der Waals surface area contributed by atoms with Crippen LogP contribution >= 0.6 is 0 Å². The number of carbonyl (C=O) groups excluding carboxylic acids is 2. The third-order valence-corrected chi connectivity index (χ3v) is 0.500. The molecule has 0 saturated carbocycles. The number of aliphatic carboxylic acids is 2. The molecule has 0 aliphatic heterocycles. The third kappa shape index (κ3) is 64.0. The van der Waals surface area contributed by atoms with Gasteiger partial charge in [0.2, 0.25) is 0 Å². The molecule has 0 bridgehead atoms. The molecule has 0 saturated heterocycles. The Bertz CT molecular complexity index is 130. The maximum absolute atomic E-state index is 8.93. The topological polar surface area (TPSA) is 184 Å². The van der Waals surface area contributed by atoms with Crippen molar-refractivity contribution in [2.75, 3.05) is 26.2 Å². The van der Waals surface area contributed by atoms with Crippen molar-refractivity contribution in [3.05, 3.63) is 0 Å². The van der Waals surface area contributed by atoms with E-state index in [9.17, 15) is 0 Å². The summed E-state index contributed by atoms with van der Waals surface area (Å²) in [5.74, 6) is -4.37. The normalized spacial score (nSPS) is 6.50. The van der Waals surface area contributed by atoms with Crippen LogP contribution in [-0.4, -0.2) is 38.1 Å². The Hall–Kier alpha value is 0.261. The molecule has 0 fully saturated rings. The fourth-order valence-corrected chi connectivity index (χ4v) is 0. The molecule has 0 spiro atoms. The van der Waals surface area contributed by atoms with Gasteiger partial charge in [-0.05, 0) is 0 Å². The van der Waals surface area contributed by atoms with Crippen LogP contribution in [0.4, 0.5) is 0 Å². The molecule has 0 heterocycles. The minimum atomic E-state index is -2.19. The van der Waals surface area contributed by atoms with Crippen LogP contribution < -0.4 is 33.1 Å². The van der Waals surface area contributed by atoms with E-state index >= 15 is 0 Å². The minimum absolute atomic E-state index is 0. The van der Waals surface area contributed by atoms with Gasteiger partial charge in [0, 0.05) is 26.2 Å². The summed E-state index contributed by atoms with van der Waals surface area (Å²) in [6, 6.07) is 0. The van der Waals surface area contributed by atoms with Crippen molar-refractivity contribution >= 4 is 11.9 Å². The van der Waals surface area contributed by atoms with E-state index in [0.29, 0.717) is 26.2 Å². The Morgan fingerprint density at radius 2 is 0.812 bits per heavy atom. The Morgan fingerprint density at radius 1 is 0.688 bits per heavy atom. The third-order valence-electron chi connectivity index (χ3n) is 0.500. The smallest absolute Gasteiger partial charge is 0.543 e. The van der Waals surface area contributed by atoms with E-state index in [1.54, 1.807) is 0 Å². The minimum Gasteiger partial charge on any atom is -0.543 e. The van der Waals surface area contributed by atoms with Gasteiger partial charge in [-0.2, -0.15) is 0 Å². The van der Waals surface area contributed by atoms with Crippen LogP contribution in [0.2, 0.25) is 0 Å². The predicted molar refractivity (Wildman–Crippen MR) is 46.2 cm³/mol. The van der Waals surface area contributed by atoms with E-state index in [0.717, 1.165) is 0 Å². The summed E-state index contributed by atoms with van der Waals surface area (Å²) in [4.78, 5) is 17.9. The summed E-state index contributed by atoms with van der Waals surface area (Å²) in [5, 5.41) is 17.9. The first-order valence-corrected chi connectivity index (χ1v) is 3.70. The molecular formula is C6H16Ag2N4O4. The zero-order valence-corrected chi connectivity index (χ0v) is 11.3. The van der Waals surface area contributed by atoms with Gasteiger partial charge in [-0.3, -0.25) is 0 Å². The standard InChI is InChI=1S/2C2H8N2.C2H2O4.2Ag/c2*3-1-2-4;3-1(4)2(5)6;;/h2*1-4H2;(H,3,4)(H,5,6);;/q;;;2*+1/p-2. The first-order chi connectivity index (χ1) is 6.47. The molecule has 0 radical (unpaired) electrons.